The highest BCUT2D eigenvalue weighted by molar-refractivity contribution is 5.77. The third kappa shape index (κ3) is 1.91. The van der Waals surface area contributed by atoms with Crippen LogP contribution in [0.1, 0.15) is 16.7 Å². The van der Waals surface area contributed by atoms with Crippen LogP contribution in [0.5, 0.6) is 0 Å². The Hall–Kier alpha value is -2.18. The van der Waals surface area contributed by atoms with E-state index in [4.69, 9.17) is 0 Å². The highest BCUT2D eigenvalue weighted by Gasteiger charge is 2.30. The molecule has 0 amide bonds. The number of nitro groups is 2. The molecule has 92 valence electrons. The minimum absolute atomic E-state index is 0.0763. The van der Waals surface area contributed by atoms with Crippen LogP contribution in [-0.4, -0.2) is 16.9 Å². The molecule has 7 nitrogen and oxygen atoms in total. The van der Waals surface area contributed by atoms with Gasteiger partial charge in [-0.05, 0) is 26.3 Å². The van der Waals surface area contributed by atoms with Crippen LogP contribution in [0.2, 0.25) is 0 Å². The van der Waals surface area contributed by atoms with E-state index in [0.717, 1.165) is 0 Å². The SMILES string of the molecule is CNc1c(C)c(C)c([N+](=O)[O-])c(C)c1[N+](=O)[O-]. The van der Waals surface area contributed by atoms with Crippen LogP contribution in [0.15, 0.2) is 0 Å². The van der Waals surface area contributed by atoms with Crippen LogP contribution >= 0.6 is 0 Å². The average molecular weight is 239 g/mol. The van der Waals surface area contributed by atoms with Crippen molar-refractivity contribution in [3.8, 4) is 0 Å². The molecule has 0 spiro atoms. The summed E-state index contributed by atoms with van der Waals surface area (Å²) in [5.74, 6) is 0. The highest BCUT2D eigenvalue weighted by Crippen LogP contribution is 2.40. The normalized spacial score (nSPS) is 10.1. The van der Waals surface area contributed by atoms with Crippen LogP contribution in [0.3, 0.4) is 0 Å². The predicted molar refractivity (Wildman–Crippen MR) is 63.5 cm³/mol. The summed E-state index contributed by atoms with van der Waals surface area (Å²) in [5.41, 5.74) is 0.956. The van der Waals surface area contributed by atoms with Gasteiger partial charge < -0.3 is 5.32 Å². The maximum atomic E-state index is 11.0. The Morgan fingerprint density at radius 1 is 0.882 bits per heavy atom. The first-order chi connectivity index (χ1) is 7.82. The number of rotatable bonds is 3. The van der Waals surface area contributed by atoms with Gasteiger partial charge in [-0.1, -0.05) is 0 Å². The third-order valence-corrected chi connectivity index (χ3v) is 2.86. The Morgan fingerprint density at radius 3 is 1.71 bits per heavy atom. The molecule has 0 unspecified atom stereocenters. The van der Waals surface area contributed by atoms with Gasteiger partial charge >= 0.3 is 5.69 Å². The molecule has 0 radical (unpaired) electrons. The van der Waals surface area contributed by atoms with E-state index in [1.807, 2.05) is 0 Å². The fraction of sp³-hybridized carbons (Fsp3) is 0.400. The molecule has 0 atom stereocenters. The van der Waals surface area contributed by atoms with Crippen LogP contribution < -0.4 is 5.32 Å². The smallest absolute Gasteiger partial charge is 0.302 e. The fourth-order valence-electron chi connectivity index (χ4n) is 1.93. The maximum absolute atomic E-state index is 11.0. The minimum atomic E-state index is -0.597. The summed E-state index contributed by atoms with van der Waals surface area (Å²) in [6.45, 7) is 4.61. The van der Waals surface area contributed by atoms with Gasteiger partial charge in [0.15, 0.2) is 0 Å². The van der Waals surface area contributed by atoms with Gasteiger partial charge in [0.25, 0.3) is 5.69 Å². The van der Waals surface area contributed by atoms with E-state index < -0.39 is 9.85 Å². The number of nitrogens with one attached hydrogen (secondary N) is 1. The number of hydrogen-bond acceptors (Lipinski definition) is 5. The second-order valence-electron chi connectivity index (χ2n) is 3.71. The molecule has 0 aliphatic rings. The molecule has 17 heavy (non-hydrogen) atoms. The molecule has 0 aromatic heterocycles. The van der Waals surface area contributed by atoms with Gasteiger partial charge in [0.1, 0.15) is 11.3 Å². The van der Waals surface area contributed by atoms with Crippen molar-refractivity contribution in [1.29, 1.82) is 0 Å². The van der Waals surface area contributed by atoms with E-state index in [9.17, 15) is 20.2 Å². The maximum Gasteiger partial charge on any atom is 0.302 e. The van der Waals surface area contributed by atoms with Gasteiger partial charge in [0, 0.05) is 12.6 Å². The second-order valence-corrected chi connectivity index (χ2v) is 3.71. The molecule has 1 rings (SSSR count). The Kier molecular flexibility index (Phi) is 3.31. The Morgan fingerprint density at radius 2 is 1.35 bits per heavy atom. The molecule has 0 fully saturated rings. The van der Waals surface area contributed by atoms with E-state index in [2.05, 4.69) is 5.32 Å². The predicted octanol–water partition coefficient (Wildman–Crippen LogP) is 2.47. The number of nitro benzene ring substituents is 2. The molecule has 0 saturated heterocycles. The zero-order valence-corrected chi connectivity index (χ0v) is 10.0. The summed E-state index contributed by atoms with van der Waals surface area (Å²) >= 11 is 0. The van der Waals surface area contributed by atoms with Gasteiger partial charge in [-0.2, -0.15) is 0 Å². The van der Waals surface area contributed by atoms with Crippen molar-refractivity contribution < 1.29 is 9.85 Å². The van der Waals surface area contributed by atoms with Crippen LogP contribution in [0.4, 0.5) is 17.1 Å². The first-order valence-corrected chi connectivity index (χ1v) is 4.93. The Balaban J connectivity index is 3.82. The summed E-state index contributed by atoms with van der Waals surface area (Å²) < 4.78 is 0. The van der Waals surface area contributed by atoms with Crippen LogP contribution in [0.25, 0.3) is 0 Å². The second kappa shape index (κ2) is 4.36. The quantitative estimate of drug-likeness (QED) is 0.645. The van der Waals surface area contributed by atoms with E-state index in [-0.39, 0.29) is 16.9 Å². The van der Waals surface area contributed by atoms with Crippen molar-refractivity contribution in [3.05, 3.63) is 36.9 Å². The lowest BCUT2D eigenvalue weighted by Crippen LogP contribution is -2.06. The molecule has 0 saturated carbocycles. The van der Waals surface area contributed by atoms with Crippen molar-refractivity contribution in [2.45, 2.75) is 20.8 Å². The van der Waals surface area contributed by atoms with E-state index >= 15 is 0 Å². The molecule has 0 aliphatic heterocycles. The van der Waals surface area contributed by atoms with Gasteiger partial charge in [-0.15, -0.1) is 0 Å². The summed E-state index contributed by atoms with van der Waals surface area (Å²) in [4.78, 5) is 20.7. The monoisotopic (exact) mass is 239 g/mol. The highest BCUT2D eigenvalue weighted by atomic mass is 16.6. The van der Waals surface area contributed by atoms with Crippen LogP contribution in [-0.2, 0) is 0 Å². The molecular formula is C10H13N3O4. The first kappa shape index (κ1) is 12.9. The van der Waals surface area contributed by atoms with Crippen molar-refractivity contribution in [2.24, 2.45) is 0 Å². The first-order valence-electron chi connectivity index (χ1n) is 4.93. The van der Waals surface area contributed by atoms with E-state index in [0.29, 0.717) is 16.8 Å². The molecule has 1 N–H and O–H groups in total. The zero-order valence-electron chi connectivity index (χ0n) is 10.0. The fourth-order valence-corrected chi connectivity index (χ4v) is 1.93. The number of hydrogen-bond donors (Lipinski definition) is 1. The molecule has 7 heteroatoms. The summed E-state index contributed by atoms with van der Waals surface area (Å²) in [6, 6.07) is 0. The van der Waals surface area contributed by atoms with Crippen molar-refractivity contribution in [1.82, 2.24) is 0 Å². The van der Waals surface area contributed by atoms with Gasteiger partial charge in [-0.25, -0.2) is 0 Å². The van der Waals surface area contributed by atoms with Crippen molar-refractivity contribution in [2.75, 3.05) is 12.4 Å². The summed E-state index contributed by atoms with van der Waals surface area (Å²) in [7, 11) is 1.56. The largest absolute Gasteiger partial charge is 0.382 e. The van der Waals surface area contributed by atoms with Gasteiger partial charge in [0.2, 0.25) is 0 Å². The molecule has 1 aromatic rings. The van der Waals surface area contributed by atoms with Crippen LogP contribution in [0, 0.1) is 41.0 Å². The number of anilines is 1. The van der Waals surface area contributed by atoms with E-state index in [1.165, 1.54) is 6.92 Å². The van der Waals surface area contributed by atoms with Crippen molar-refractivity contribution in [3.63, 3.8) is 0 Å². The molecular weight excluding hydrogens is 226 g/mol. The van der Waals surface area contributed by atoms with Crippen molar-refractivity contribution >= 4 is 17.1 Å². The third-order valence-electron chi connectivity index (χ3n) is 2.86. The molecule has 0 bridgehead atoms. The Labute approximate surface area is 97.7 Å². The summed E-state index contributed by atoms with van der Waals surface area (Å²) in [6.07, 6.45) is 0. The minimum Gasteiger partial charge on any atom is -0.382 e. The molecule has 1 aromatic carbocycles. The van der Waals surface area contributed by atoms with E-state index in [1.54, 1.807) is 20.9 Å². The standard InChI is InChI=1S/C10H13N3O4/c1-5-6(2)9(12(14)15)7(3)10(13(16)17)8(5)11-4/h11H,1-4H3. The lowest BCUT2D eigenvalue weighted by molar-refractivity contribution is -0.395. The molecule has 0 heterocycles. The topological polar surface area (TPSA) is 98.3 Å². The lowest BCUT2D eigenvalue weighted by atomic mass is 9.99. The Bertz CT molecular complexity index is 511. The van der Waals surface area contributed by atoms with Gasteiger partial charge in [0.05, 0.1) is 9.85 Å². The van der Waals surface area contributed by atoms with Gasteiger partial charge in [-0.3, -0.25) is 20.2 Å². The zero-order chi connectivity index (χ0) is 13.3. The number of benzene rings is 1. The average Bonchev–Trinajstić information content (AvgIpc) is 2.21. The lowest BCUT2D eigenvalue weighted by Gasteiger charge is -2.12. The summed E-state index contributed by atoms with van der Waals surface area (Å²) in [5, 5.41) is 24.6. The molecule has 0 aliphatic carbocycles. The number of nitrogens with zero attached hydrogens (tertiary/aromatic N) is 2.